The van der Waals surface area contributed by atoms with E-state index in [1.54, 1.807) is 51.1 Å². The first kappa shape index (κ1) is 33.2. The van der Waals surface area contributed by atoms with Gasteiger partial charge in [-0.1, -0.05) is 88.5 Å². The number of likely N-dealkylation sites (tertiary alicyclic amines) is 1. The van der Waals surface area contributed by atoms with Crippen molar-refractivity contribution in [3.8, 4) is 0 Å². The minimum Gasteiger partial charge on any atom is -0.458 e. The number of carbonyl (C=O) groups excluding carboxylic acids is 5. The zero-order chi connectivity index (χ0) is 29.5. The maximum absolute atomic E-state index is 13.6. The predicted molar refractivity (Wildman–Crippen MR) is 143 cm³/mol. The Morgan fingerprint density at radius 3 is 2.28 bits per heavy atom. The van der Waals surface area contributed by atoms with Crippen molar-refractivity contribution in [2.45, 2.75) is 59.6 Å². The lowest BCUT2D eigenvalue weighted by Crippen LogP contribution is -2.72. The second-order valence-electron chi connectivity index (χ2n) is 9.06. The van der Waals surface area contributed by atoms with E-state index < -0.39 is 74.8 Å². The summed E-state index contributed by atoms with van der Waals surface area (Å²) in [4.78, 5) is 63.5. The number of nitrogens with one attached hydrogen (secondary N) is 1. The van der Waals surface area contributed by atoms with Gasteiger partial charge in [0, 0.05) is 0 Å². The number of amides is 2. The lowest BCUT2D eigenvalue weighted by Gasteiger charge is -2.47. The van der Waals surface area contributed by atoms with Crippen LogP contribution in [0.4, 0.5) is 9.18 Å². The number of rotatable bonds is 10. The Balaban J connectivity index is 2.17. The normalized spacial score (nSPS) is 18.9. The number of nitrogens with zero attached hydrogens (tertiary/aromatic N) is 1. The van der Waals surface area contributed by atoms with Crippen molar-refractivity contribution in [1.29, 1.82) is 0 Å². The van der Waals surface area contributed by atoms with Crippen molar-refractivity contribution in [2.24, 2.45) is 0 Å². The molecule has 0 bridgehead atoms. The number of β-lactam (4-membered cyclic amide) rings is 1. The Hall–Kier alpha value is -1.99. The van der Waals surface area contributed by atoms with E-state index in [9.17, 15) is 28.4 Å². The van der Waals surface area contributed by atoms with Gasteiger partial charge in [0.1, 0.15) is 30.3 Å². The highest BCUT2D eigenvalue weighted by atomic mass is 35.6. The molecule has 1 aliphatic heterocycles. The summed E-state index contributed by atoms with van der Waals surface area (Å²) in [7, 11) is 0. The first-order valence-corrected chi connectivity index (χ1v) is 13.7. The van der Waals surface area contributed by atoms with Gasteiger partial charge in [0.05, 0.1) is 6.42 Å². The number of ether oxygens (including phenoxy) is 3. The lowest BCUT2D eigenvalue weighted by molar-refractivity contribution is -0.167. The van der Waals surface area contributed by atoms with Gasteiger partial charge in [0.2, 0.25) is 26.4 Å². The monoisotopic (exact) mass is 648 g/mol. The molecule has 0 aliphatic carbocycles. The summed E-state index contributed by atoms with van der Waals surface area (Å²) < 4.78 is 26.0. The molecule has 0 radical (unpaired) electrons. The molecule has 0 spiro atoms. The third kappa shape index (κ3) is 10.5. The van der Waals surface area contributed by atoms with Crippen LogP contribution >= 0.6 is 58.2 Å². The Bertz CT molecular complexity index is 1070. The van der Waals surface area contributed by atoms with Gasteiger partial charge in [0.15, 0.2) is 0 Å². The van der Waals surface area contributed by atoms with Crippen LogP contribution in [0.1, 0.15) is 26.3 Å². The van der Waals surface area contributed by atoms with E-state index in [1.165, 1.54) is 0 Å². The largest absolute Gasteiger partial charge is 0.509 e. The lowest BCUT2D eigenvalue weighted by atomic mass is 10.1. The second kappa shape index (κ2) is 14.1. The van der Waals surface area contributed by atoms with E-state index >= 15 is 0 Å². The van der Waals surface area contributed by atoms with Crippen LogP contribution in [0.2, 0.25) is 0 Å². The van der Waals surface area contributed by atoms with Crippen molar-refractivity contribution in [3.63, 3.8) is 0 Å². The molecule has 2 rings (SSSR count). The molecule has 1 aromatic carbocycles. The zero-order valence-electron chi connectivity index (χ0n) is 20.8. The van der Waals surface area contributed by atoms with Crippen molar-refractivity contribution in [3.05, 3.63) is 35.9 Å². The number of hydrogen-bond acceptors (Lipinski definition) is 9. The van der Waals surface area contributed by atoms with Gasteiger partial charge in [0.25, 0.3) is 5.91 Å². The van der Waals surface area contributed by atoms with Crippen molar-refractivity contribution in [2.75, 3.05) is 13.3 Å². The highest BCUT2D eigenvalue weighted by Crippen LogP contribution is 2.36. The Labute approximate surface area is 248 Å². The van der Waals surface area contributed by atoms with Gasteiger partial charge in [-0.05, 0) is 26.3 Å². The maximum Gasteiger partial charge on any atom is 0.509 e. The van der Waals surface area contributed by atoms with Crippen molar-refractivity contribution < 1.29 is 42.6 Å². The third-order valence-corrected chi connectivity index (χ3v) is 6.63. The number of carbonyl (C=O) groups is 5. The molecular weight excluding hydrogens is 625 g/mol. The van der Waals surface area contributed by atoms with E-state index in [4.69, 9.17) is 51.1 Å². The molecule has 1 fully saturated rings. The molecule has 1 aromatic rings. The molecule has 0 aromatic heterocycles. The molecule has 4 atom stereocenters. The standard InChI is InChI=1S/C23H25Cl4FN2O8S/c1-22(2,3)38-19(33)16(24)30-17(32)15(29-14(31)9-12-7-5-4-6-8-12)18(30)39-20(34)13(10-28)37-21(35)36-11-23(25,26)27/h4-8,13,15-16,18H,9-11H2,1-3H3,(H,29,31)/t13?,15-,16?,18-/m1/s1. The average Bonchev–Trinajstić information content (AvgIpc) is 2.83. The van der Waals surface area contributed by atoms with Crippen LogP contribution in [0.3, 0.4) is 0 Å². The molecule has 39 heavy (non-hydrogen) atoms. The van der Waals surface area contributed by atoms with Gasteiger partial charge in [-0.25, -0.2) is 14.0 Å². The molecule has 2 unspecified atom stereocenters. The number of hydrogen-bond donors (Lipinski definition) is 1. The van der Waals surface area contributed by atoms with Gasteiger partial charge in [-0.3, -0.25) is 19.3 Å². The van der Waals surface area contributed by atoms with E-state index in [1.807, 2.05) is 0 Å². The average molecular weight is 650 g/mol. The van der Waals surface area contributed by atoms with Crippen LogP contribution in [0, 0.1) is 0 Å². The minimum absolute atomic E-state index is 0.0857. The van der Waals surface area contributed by atoms with Gasteiger partial charge in [-0.15, -0.1) is 0 Å². The fourth-order valence-electron chi connectivity index (χ4n) is 3.08. The molecular formula is C23H25Cl4FN2O8S. The smallest absolute Gasteiger partial charge is 0.458 e. The molecule has 0 saturated carbocycles. The Morgan fingerprint density at radius 2 is 1.74 bits per heavy atom. The topological polar surface area (TPSA) is 128 Å². The first-order valence-electron chi connectivity index (χ1n) is 11.2. The van der Waals surface area contributed by atoms with Crippen LogP contribution in [-0.2, 0) is 39.8 Å². The predicted octanol–water partition coefficient (Wildman–Crippen LogP) is 3.91. The van der Waals surface area contributed by atoms with Gasteiger partial charge in [-0.2, -0.15) is 0 Å². The molecule has 216 valence electrons. The highest BCUT2D eigenvalue weighted by Gasteiger charge is 2.55. The van der Waals surface area contributed by atoms with Gasteiger partial charge < -0.3 is 19.5 Å². The molecule has 1 saturated heterocycles. The SMILES string of the molecule is CC(C)(C)OC(=O)C(Cl)N1C(=O)[C@@H](NC(=O)Cc2ccccc2)[C@H]1SC(=O)C(CF)OC(=O)OCC(Cl)(Cl)Cl. The number of benzene rings is 1. The molecule has 1 aliphatic rings. The zero-order valence-corrected chi connectivity index (χ0v) is 24.7. The van der Waals surface area contributed by atoms with Crippen LogP contribution in [0.15, 0.2) is 30.3 Å². The third-order valence-electron chi connectivity index (χ3n) is 4.68. The van der Waals surface area contributed by atoms with E-state index in [0.29, 0.717) is 17.3 Å². The fraction of sp³-hybridized carbons (Fsp3) is 0.522. The minimum atomic E-state index is -1.98. The van der Waals surface area contributed by atoms with Gasteiger partial charge >= 0.3 is 12.1 Å². The number of alkyl halides is 5. The fourth-order valence-corrected chi connectivity index (χ4v) is 4.74. The van der Waals surface area contributed by atoms with Crippen molar-refractivity contribution in [1.82, 2.24) is 10.2 Å². The summed E-state index contributed by atoms with van der Waals surface area (Å²) in [6.07, 6.45) is -3.56. The summed E-state index contributed by atoms with van der Waals surface area (Å²) in [6.45, 7) is 2.55. The Morgan fingerprint density at radius 1 is 1.13 bits per heavy atom. The molecule has 1 N–H and O–H groups in total. The number of thioether (sulfide) groups is 1. The first-order chi connectivity index (χ1) is 18.0. The maximum atomic E-state index is 13.6. The number of halogens is 5. The van der Waals surface area contributed by atoms with E-state index in [0.717, 1.165) is 4.90 Å². The molecule has 1 heterocycles. The summed E-state index contributed by atoms with van der Waals surface area (Å²) >= 11 is 22.9. The van der Waals surface area contributed by atoms with Crippen molar-refractivity contribution >= 4 is 87.2 Å². The summed E-state index contributed by atoms with van der Waals surface area (Å²) in [5.41, 5.74) is -1.97. The van der Waals surface area contributed by atoms with Crippen LogP contribution in [-0.4, -0.2) is 79.6 Å². The highest BCUT2D eigenvalue weighted by molar-refractivity contribution is 8.14. The van der Waals surface area contributed by atoms with E-state index in [2.05, 4.69) is 14.8 Å². The second-order valence-corrected chi connectivity index (χ2v) is 13.1. The molecule has 16 heteroatoms. The summed E-state index contributed by atoms with van der Waals surface area (Å²) in [5.74, 6) is -2.33. The van der Waals surface area contributed by atoms with Crippen LogP contribution in [0.25, 0.3) is 0 Å². The Kier molecular flexibility index (Phi) is 12.0. The summed E-state index contributed by atoms with van der Waals surface area (Å²) in [6, 6.07) is 7.31. The number of esters is 1. The quantitative estimate of drug-likeness (QED) is 0.174. The van der Waals surface area contributed by atoms with Crippen LogP contribution < -0.4 is 5.32 Å². The summed E-state index contributed by atoms with van der Waals surface area (Å²) in [5, 5.41) is 0.155. The van der Waals surface area contributed by atoms with E-state index in [-0.39, 0.29) is 6.42 Å². The van der Waals surface area contributed by atoms with Crippen LogP contribution in [0.5, 0.6) is 0 Å². The molecule has 2 amide bonds. The molecule has 10 nitrogen and oxygen atoms in total.